The number of carbonyl (C=O) groups excluding carboxylic acids is 3. The highest BCUT2D eigenvalue weighted by Gasteiger charge is 2.21. The van der Waals surface area contributed by atoms with Gasteiger partial charge in [-0.25, -0.2) is 0 Å². The quantitative estimate of drug-likeness (QED) is 0.464. The summed E-state index contributed by atoms with van der Waals surface area (Å²) in [6.07, 6.45) is 2.19. The maximum Gasteiger partial charge on any atom is 0.314 e. The van der Waals surface area contributed by atoms with E-state index in [1.54, 1.807) is 29.2 Å². The van der Waals surface area contributed by atoms with E-state index in [-0.39, 0.29) is 11.6 Å². The molecule has 1 saturated heterocycles. The Morgan fingerprint density at radius 2 is 1.72 bits per heavy atom. The van der Waals surface area contributed by atoms with Gasteiger partial charge in [-0.05, 0) is 43.2 Å². The van der Waals surface area contributed by atoms with Gasteiger partial charge in [-0.3, -0.25) is 24.5 Å². The lowest BCUT2D eigenvalue weighted by Crippen LogP contribution is -2.35. The highest BCUT2D eigenvalue weighted by atomic mass is 19.1. The van der Waals surface area contributed by atoms with Crippen LogP contribution in [0.4, 0.5) is 27.1 Å². The number of amides is 3. The Morgan fingerprint density at radius 3 is 2.38 bits per heavy atom. The van der Waals surface area contributed by atoms with Crippen molar-refractivity contribution in [3.63, 3.8) is 0 Å². The summed E-state index contributed by atoms with van der Waals surface area (Å²) in [5.41, 5.74) is 0.0150. The van der Waals surface area contributed by atoms with E-state index in [2.05, 4.69) is 10.6 Å². The van der Waals surface area contributed by atoms with Crippen LogP contribution in [0.25, 0.3) is 0 Å². The van der Waals surface area contributed by atoms with Crippen molar-refractivity contribution in [3.05, 3.63) is 58.4 Å². The van der Waals surface area contributed by atoms with Crippen LogP contribution in [0.15, 0.2) is 42.5 Å². The highest BCUT2D eigenvalue weighted by molar-refractivity contribution is 6.43. The molecule has 0 atom stereocenters. The fourth-order valence-electron chi connectivity index (χ4n) is 2.94. The van der Waals surface area contributed by atoms with Gasteiger partial charge in [0.15, 0.2) is 0 Å². The van der Waals surface area contributed by atoms with Gasteiger partial charge in [-0.2, -0.15) is 4.39 Å². The summed E-state index contributed by atoms with van der Waals surface area (Å²) in [7, 11) is 0. The number of halogens is 1. The number of carbonyl (C=O) groups is 3. The van der Waals surface area contributed by atoms with E-state index < -0.39 is 28.2 Å². The second-order valence-corrected chi connectivity index (χ2v) is 6.38. The molecule has 150 valence electrons. The van der Waals surface area contributed by atoms with Crippen LogP contribution < -0.4 is 15.5 Å². The van der Waals surface area contributed by atoms with Crippen LogP contribution in [0.5, 0.6) is 0 Å². The van der Waals surface area contributed by atoms with E-state index in [9.17, 15) is 28.9 Å². The summed E-state index contributed by atoms with van der Waals surface area (Å²) >= 11 is 0. The minimum absolute atomic E-state index is 0.00428. The number of piperidine rings is 1. The standard InChI is InChI=1S/C19H17FN4O5/c20-15-8-7-13(11-16(15)24(28)29)22-19(27)18(26)21-12-4-3-5-14(10-12)23-9-2-1-6-17(23)25/h3-5,7-8,10-11H,1-2,6,9H2,(H,21,26)(H,22,27). The molecule has 2 N–H and O–H groups in total. The molecular formula is C19H17FN4O5. The summed E-state index contributed by atoms with van der Waals surface area (Å²) < 4.78 is 13.4. The molecule has 0 aromatic heterocycles. The van der Waals surface area contributed by atoms with E-state index >= 15 is 0 Å². The first kappa shape index (κ1) is 19.9. The molecule has 1 aliphatic heterocycles. The fourth-order valence-corrected chi connectivity index (χ4v) is 2.94. The minimum Gasteiger partial charge on any atom is -0.318 e. The van der Waals surface area contributed by atoms with Crippen molar-refractivity contribution < 1.29 is 23.7 Å². The van der Waals surface area contributed by atoms with E-state index in [0.717, 1.165) is 31.0 Å². The summed E-state index contributed by atoms with van der Waals surface area (Å²) in [4.78, 5) is 47.7. The molecule has 1 fully saturated rings. The summed E-state index contributed by atoms with van der Waals surface area (Å²) in [6, 6.07) is 9.28. The lowest BCUT2D eigenvalue weighted by molar-refractivity contribution is -0.387. The number of nitrogens with zero attached hydrogens (tertiary/aromatic N) is 2. The van der Waals surface area contributed by atoms with Crippen molar-refractivity contribution in [2.45, 2.75) is 19.3 Å². The lowest BCUT2D eigenvalue weighted by Gasteiger charge is -2.27. The van der Waals surface area contributed by atoms with Crippen LogP contribution in [0.1, 0.15) is 19.3 Å². The van der Waals surface area contributed by atoms with Crippen LogP contribution in [-0.4, -0.2) is 29.2 Å². The maximum atomic E-state index is 13.4. The van der Waals surface area contributed by atoms with Crippen LogP contribution in [0.2, 0.25) is 0 Å². The van der Waals surface area contributed by atoms with Crippen molar-refractivity contribution >= 4 is 40.5 Å². The Hall–Kier alpha value is -3.82. The van der Waals surface area contributed by atoms with Gasteiger partial charge in [0, 0.05) is 36.1 Å². The van der Waals surface area contributed by atoms with E-state index in [1.165, 1.54) is 0 Å². The third kappa shape index (κ3) is 4.72. The van der Waals surface area contributed by atoms with Crippen molar-refractivity contribution in [1.82, 2.24) is 0 Å². The zero-order chi connectivity index (χ0) is 21.0. The monoisotopic (exact) mass is 400 g/mol. The van der Waals surface area contributed by atoms with Crippen molar-refractivity contribution in [3.8, 4) is 0 Å². The number of hydrogen-bond donors (Lipinski definition) is 2. The molecule has 10 heteroatoms. The van der Waals surface area contributed by atoms with Gasteiger partial charge in [0.05, 0.1) is 4.92 Å². The third-order valence-corrected chi connectivity index (χ3v) is 4.35. The average molecular weight is 400 g/mol. The smallest absolute Gasteiger partial charge is 0.314 e. The van der Waals surface area contributed by atoms with Crippen molar-refractivity contribution in [2.24, 2.45) is 0 Å². The number of anilines is 3. The Bertz CT molecular complexity index is 994. The molecule has 1 heterocycles. The molecule has 0 spiro atoms. The molecule has 9 nitrogen and oxygen atoms in total. The molecule has 0 bridgehead atoms. The van der Waals surface area contributed by atoms with E-state index in [4.69, 9.17) is 0 Å². The molecule has 0 unspecified atom stereocenters. The zero-order valence-corrected chi connectivity index (χ0v) is 15.2. The van der Waals surface area contributed by atoms with E-state index in [0.29, 0.717) is 24.3 Å². The zero-order valence-electron chi connectivity index (χ0n) is 15.2. The number of hydrogen-bond acceptors (Lipinski definition) is 5. The number of rotatable bonds is 4. The molecule has 3 amide bonds. The van der Waals surface area contributed by atoms with Crippen LogP contribution in [0, 0.1) is 15.9 Å². The second-order valence-electron chi connectivity index (χ2n) is 6.38. The second kappa shape index (κ2) is 8.46. The first-order valence-corrected chi connectivity index (χ1v) is 8.82. The molecule has 0 saturated carbocycles. The van der Waals surface area contributed by atoms with Gasteiger partial charge in [-0.15, -0.1) is 0 Å². The molecule has 1 aliphatic rings. The topological polar surface area (TPSA) is 122 Å². The Labute approximate surface area is 164 Å². The average Bonchev–Trinajstić information content (AvgIpc) is 2.69. The summed E-state index contributed by atoms with van der Waals surface area (Å²) in [5.74, 6) is -3.15. The van der Waals surface area contributed by atoms with Crippen LogP contribution in [0.3, 0.4) is 0 Å². The van der Waals surface area contributed by atoms with Gasteiger partial charge >= 0.3 is 17.5 Å². The largest absolute Gasteiger partial charge is 0.318 e. The van der Waals surface area contributed by atoms with Crippen molar-refractivity contribution in [1.29, 1.82) is 0 Å². The minimum atomic E-state index is -1.08. The first-order valence-electron chi connectivity index (χ1n) is 8.82. The van der Waals surface area contributed by atoms with Gasteiger partial charge in [-0.1, -0.05) is 6.07 Å². The van der Waals surface area contributed by atoms with E-state index in [1.807, 2.05) is 0 Å². The number of nitrogens with one attached hydrogen (secondary N) is 2. The lowest BCUT2D eigenvalue weighted by atomic mass is 10.1. The van der Waals surface area contributed by atoms with Gasteiger partial charge in [0.25, 0.3) is 0 Å². The fraction of sp³-hybridized carbons (Fsp3) is 0.211. The third-order valence-electron chi connectivity index (χ3n) is 4.35. The normalized spacial score (nSPS) is 13.7. The van der Waals surface area contributed by atoms with Crippen LogP contribution in [-0.2, 0) is 14.4 Å². The molecule has 0 aliphatic carbocycles. The van der Waals surface area contributed by atoms with Gasteiger partial charge in [0.1, 0.15) is 0 Å². The Morgan fingerprint density at radius 1 is 1.03 bits per heavy atom. The number of nitro groups is 1. The summed E-state index contributed by atoms with van der Waals surface area (Å²) in [6.45, 7) is 0.583. The number of benzene rings is 2. The van der Waals surface area contributed by atoms with Crippen LogP contribution >= 0.6 is 0 Å². The predicted molar refractivity (Wildman–Crippen MR) is 103 cm³/mol. The molecule has 2 aromatic rings. The molecular weight excluding hydrogens is 383 g/mol. The predicted octanol–water partition coefficient (Wildman–Crippen LogP) is 2.83. The molecule has 3 rings (SSSR count). The highest BCUT2D eigenvalue weighted by Crippen LogP contribution is 2.24. The molecule has 2 aromatic carbocycles. The molecule has 0 radical (unpaired) electrons. The van der Waals surface area contributed by atoms with Crippen molar-refractivity contribution in [2.75, 3.05) is 22.1 Å². The Balaban J connectivity index is 1.68. The molecule has 29 heavy (non-hydrogen) atoms. The first-order chi connectivity index (χ1) is 13.8. The maximum absolute atomic E-state index is 13.4. The number of nitro benzene ring substituents is 1. The van der Waals surface area contributed by atoms with Gasteiger partial charge in [0.2, 0.25) is 11.7 Å². The Kier molecular flexibility index (Phi) is 5.82. The van der Waals surface area contributed by atoms with Gasteiger partial charge < -0.3 is 15.5 Å². The SMILES string of the molecule is O=C(Nc1cccc(N2CCCCC2=O)c1)C(=O)Nc1ccc(F)c([N+](=O)[O-])c1. The summed E-state index contributed by atoms with van der Waals surface area (Å²) in [5, 5.41) is 15.4.